The monoisotopic (exact) mass is 581 g/mol. The molecule has 0 radical (unpaired) electrons. The molecule has 1 N–H and O–H groups in total. The zero-order chi connectivity index (χ0) is 29.9. The largest absolute Gasteiger partial charge is 0.459 e. The molecule has 1 saturated heterocycles. The number of hydrogen-bond donors (Lipinski definition) is 1. The minimum absolute atomic E-state index is 0.0569. The first-order chi connectivity index (χ1) is 20.0. The summed E-state index contributed by atoms with van der Waals surface area (Å²) in [5.74, 6) is 0.780. The predicted octanol–water partition coefficient (Wildman–Crippen LogP) is 6.13. The molecule has 0 saturated carbocycles. The number of benzene rings is 1. The van der Waals surface area contributed by atoms with Crippen molar-refractivity contribution in [3.8, 4) is 0 Å². The number of aromatic nitrogens is 1. The Morgan fingerprint density at radius 3 is 2.79 bits per heavy atom. The Morgan fingerprint density at radius 2 is 2.00 bits per heavy atom. The van der Waals surface area contributed by atoms with Crippen molar-refractivity contribution in [3.05, 3.63) is 58.3 Å². The number of carbonyl (C=O) groups excluding carboxylic acids is 1. The van der Waals surface area contributed by atoms with Crippen LogP contribution in [0.5, 0.6) is 0 Å². The van der Waals surface area contributed by atoms with Gasteiger partial charge in [-0.05, 0) is 101 Å². The number of likely N-dealkylation sites (tertiary alicyclic amines) is 1. The van der Waals surface area contributed by atoms with E-state index in [4.69, 9.17) is 19.2 Å². The summed E-state index contributed by atoms with van der Waals surface area (Å²) in [6, 6.07) is 9.77. The Labute approximate surface area is 250 Å². The van der Waals surface area contributed by atoms with Crippen molar-refractivity contribution in [1.29, 1.82) is 0 Å². The third-order valence-corrected chi connectivity index (χ3v) is 8.50. The second kappa shape index (κ2) is 13.0. The molecule has 230 valence electrons. The molecule has 0 aliphatic carbocycles. The van der Waals surface area contributed by atoms with Crippen molar-refractivity contribution >= 4 is 11.8 Å². The van der Waals surface area contributed by atoms with Crippen molar-refractivity contribution in [2.75, 3.05) is 31.6 Å². The number of aryl methyl sites for hydroxylation is 2. The molecule has 5 rings (SSSR count). The van der Waals surface area contributed by atoms with Crippen LogP contribution in [0.25, 0.3) is 0 Å². The molecule has 2 aromatic rings. The molecule has 1 fully saturated rings. The summed E-state index contributed by atoms with van der Waals surface area (Å²) < 4.78 is 33.0. The van der Waals surface area contributed by atoms with Crippen LogP contribution in [0.3, 0.4) is 0 Å². The minimum Gasteiger partial charge on any atom is -0.459 e. The lowest BCUT2D eigenvalue weighted by atomic mass is 9.86. The fourth-order valence-electron chi connectivity index (χ4n) is 6.29. The quantitative estimate of drug-likeness (QED) is 0.268. The van der Waals surface area contributed by atoms with E-state index < -0.39 is 23.4 Å². The van der Waals surface area contributed by atoms with E-state index in [2.05, 4.69) is 22.3 Å². The second-order valence-electron chi connectivity index (χ2n) is 13.6. The van der Waals surface area contributed by atoms with Crippen LogP contribution >= 0.6 is 0 Å². The summed E-state index contributed by atoms with van der Waals surface area (Å²) >= 11 is 0. The third kappa shape index (κ3) is 7.69. The molecule has 0 bridgehead atoms. The van der Waals surface area contributed by atoms with E-state index in [-0.39, 0.29) is 12.1 Å². The highest BCUT2D eigenvalue weighted by Crippen LogP contribution is 2.37. The van der Waals surface area contributed by atoms with E-state index in [0.29, 0.717) is 26.2 Å². The highest BCUT2D eigenvalue weighted by Gasteiger charge is 2.40. The van der Waals surface area contributed by atoms with Crippen molar-refractivity contribution in [1.82, 2.24) is 9.88 Å². The molecule has 7 nitrogen and oxygen atoms in total. The summed E-state index contributed by atoms with van der Waals surface area (Å²) in [7, 11) is 0. The predicted molar refractivity (Wildman–Crippen MR) is 162 cm³/mol. The number of ether oxygens (including phenoxy) is 3. The SMILES string of the molecule is CC(C)(C)OC(=O)C(c1cccc2c1CC(C(C)(C)F)OC2)N1CCC(OCCCCc2ccc3c(n2)NCCC3)C1. The van der Waals surface area contributed by atoms with Crippen molar-refractivity contribution < 1.29 is 23.4 Å². The minimum atomic E-state index is -1.48. The van der Waals surface area contributed by atoms with Crippen LogP contribution in [-0.4, -0.2) is 65.6 Å². The lowest BCUT2D eigenvalue weighted by Crippen LogP contribution is -2.41. The number of halogens is 1. The van der Waals surface area contributed by atoms with Crippen LogP contribution in [0.2, 0.25) is 0 Å². The van der Waals surface area contributed by atoms with E-state index in [1.807, 2.05) is 39.0 Å². The highest BCUT2D eigenvalue weighted by molar-refractivity contribution is 5.79. The standard InChI is InChI=1S/C34H48FN3O4/c1-33(2,3)42-32(39)30(27-13-8-10-24-22-41-29(20-28(24)27)34(4,5)35)38-18-16-26(21-38)40-19-7-6-12-25-15-14-23-11-9-17-36-31(23)37-25/h8,10,13-15,26,29-30H,6-7,9,11-12,16-22H2,1-5H3,(H,36,37). The van der Waals surface area contributed by atoms with Gasteiger partial charge < -0.3 is 19.5 Å². The smallest absolute Gasteiger partial charge is 0.328 e. The van der Waals surface area contributed by atoms with E-state index in [9.17, 15) is 9.18 Å². The molecule has 4 heterocycles. The summed E-state index contributed by atoms with van der Waals surface area (Å²) in [6.07, 6.45) is 5.98. The van der Waals surface area contributed by atoms with E-state index in [1.165, 1.54) is 12.0 Å². The van der Waals surface area contributed by atoms with Gasteiger partial charge in [0.25, 0.3) is 0 Å². The zero-order valence-corrected chi connectivity index (χ0v) is 26.0. The van der Waals surface area contributed by atoms with Crippen molar-refractivity contribution in [2.24, 2.45) is 0 Å². The van der Waals surface area contributed by atoms with Gasteiger partial charge in [-0.2, -0.15) is 0 Å². The fourth-order valence-corrected chi connectivity index (χ4v) is 6.29. The first kappa shape index (κ1) is 30.9. The van der Waals surface area contributed by atoms with Crippen LogP contribution in [0.15, 0.2) is 30.3 Å². The fraction of sp³-hybridized carbons (Fsp3) is 0.647. The van der Waals surface area contributed by atoms with E-state index in [0.717, 1.165) is 73.4 Å². The molecule has 8 heteroatoms. The summed E-state index contributed by atoms with van der Waals surface area (Å²) in [5, 5.41) is 3.42. The Kier molecular flexibility index (Phi) is 9.55. The van der Waals surface area contributed by atoms with Crippen molar-refractivity contribution in [3.63, 3.8) is 0 Å². The van der Waals surface area contributed by atoms with Gasteiger partial charge in [-0.15, -0.1) is 0 Å². The van der Waals surface area contributed by atoms with Crippen LogP contribution in [-0.2, 0) is 44.9 Å². The van der Waals surface area contributed by atoms with Crippen LogP contribution < -0.4 is 5.32 Å². The summed E-state index contributed by atoms with van der Waals surface area (Å²) in [5.41, 5.74) is 3.26. The number of esters is 1. The van der Waals surface area contributed by atoms with Crippen LogP contribution in [0, 0.1) is 0 Å². The third-order valence-electron chi connectivity index (χ3n) is 8.50. The number of hydrogen-bond acceptors (Lipinski definition) is 7. The van der Waals surface area contributed by atoms with Gasteiger partial charge in [0, 0.05) is 38.4 Å². The number of anilines is 1. The molecule has 3 unspecified atom stereocenters. The zero-order valence-electron chi connectivity index (χ0n) is 26.0. The van der Waals surface area contributed by atoms with Gasteiger partial charge in [0.05, 0.1) is 18.8 Å². The van der Waals surface area contributed by atoms with Crippen LogP contribution in [0.4, 0.5) is 10.2 Å². The first-order valence-corrected chi connectivity index (χ1v) is 15.7. The van der Waals surface area contributed by atoms with Gasteiger partial charge in [-0.3, -0.25) is 4.90 Å². The Morgan fingerprint density at radius 1 is 1.17 bits per heavy atom. The Bertz CT molecular complexity index is 1240. The normalized spacial score (nSPS) is 21.8. The topological polar surface area (TPSA) is 72.9 Å². The first-order valence-electron chi connectivity index (χ1n) is 15.7. The maximum atomic E-state index is 14.9. The maximum absolute atomic E-state index is 14.9. The number of rotatable bonds is 10. The highest BCUT2D eigenvalue weighted by atomic mass is 19.1. The Hall–Kier alpha value is -2.55. The molecule has 3 atom stereocenters. The molecule has 0 amide bonds. The average molecular weight is 582 g/mol. The number of fused-ring (bicyclic) bond motifs is 2. The molecule has 0 spiro atoms. The Balaban J connectivity index is 1.21. The lowest BCUT2D eigenvalue weighted by molar-refractivity contribution is -0.161. The number of alkyl halides is 1. The maximum Gasteiger partial charge on any atom is 0.328 e. The van der Waals surface area contributed by atoms with Gasteiger partial charge in [-0.1, -0.05) is 24.3 Å². The summed E-state index contributed by atoms with van der Waals surface area (Å²) in [4.78, 5) is 20.7. The van der Waals surface area contributed by atoms with Gasteiger partial charge in [0.1, 0.15) is 23.1 Å². The lowest BCUT2D eigenvalue weighted by Gasteiger charge is -2.36. The molecule has 42 heavy (non-hydrogen) atoms. The van der Waals surface area contributed by atoms with Crippen LogP contribution in [0.1, 0.15) is 94.3 Å². The average Bonchev–Trinajstić information content (AvgIpc) is 3.39. The number of nitrogens with one attached hydrogen (secondary N) is 1. The molecular weight excluding hydrogens is 533 g/mol. The molecular formula is C34H48FN3O4. The molecule has 1 aromatic carbocycles. The number of pyridine rings is 1. The van der Waals surface area contributed by atoms with E-state index >= 15 is 0 Å². The van der Waals surface area contributed by atoms with Gasteiger partial charge >= 0.3 is 5.97 Å². The van der Waals surface area contributed by atoms with Gasteiger partial charge in [-0.25, -0.2) is 14.2 Å². The number of nitrogens with zero attached hydrogens (tertiary/aromatic N) is 2. The molecule has 3 aliphatic rings. The molecule has 3 aliphatic heterocycles. The van der Waals surface area contributed by atoms with E-state index in [1.54, 1.807) is 13.8 Å². The second-order valence-corrected chi connectivity index (χ2v) is 13.6. The summed E-state index contributed by atoms with van der Waals surface area (Å²) in [6.45, 7) is 12.2. The number of unbranched alkanes of at least 4 members (excludes halogenated alkanes) is 1. The van der Waals surface area contributed by atoms with Gasteiger partial charge in [0.2, 0.25) is 0 Å². The van der Waals surface area contributed by atoms with Gasteiger partial charge in [0.15, 0.2) is 0 Å². The molecule has 1 aromatic heterocycles. The van der Waals surface area contributed by atoms with Crippen molar-refractivity contribution in [2.45, 2.75) is 116 Å². The number of carbonyl (C=O) groups is 1.